The third-order valence-corrected chi connectivity index (χ3v) is 3.63. The van der Waals surface area contributed by atoms with Gasteiger partial charge in [0.1, 0.15) is 5.82 Å². The molecular formula is C13H22N4. The zero-order chi connectivity index (χ0) is 12.1. The molecule has 4 nitrogen and oxygen atoms in total. The summed E-state index contributed by atoms with van der Waals surface area (Å²) in [6.07, 6.45) is 8.75. The van der Waals surface area contributed by atoms with Gasteiger partial charge in [0, 0.05) is 6.54 Å². The fourth-order valence-electron chi connectivity index (χ4n) is 2.47. The van der Waals surface area contributed by atoms with Crippen molar-refractivity contribution in [1.82, 2.24) is 14.9 Å². The van der Waals surface area contributed by atoms with Crippen LogP contribution in [0.15, 0.2) is 12.4 Å². The van der Waals surface area contributed by atoms with Gasteiger partial charge in [-0.05, 0) is 38.3 Å². The van der Waals surface area contributed by atoms with Gasteiger partial charge in [-0.2, -0.15) is 0 Å². The van der Waals surface area contributed by atoms with Crippen LogP contribution in [0.25, 0.3) is 0 Å². The molecule has 1 aliphatic heterocycles. The summed E-state index contributed by atoms with van der Waals surface area (Å²) in [6, 6.07) is 0. The van der Waals surface area contributed by atoms with Crippen LogP contribution in [-0.4, -0.2) is 28.0 Å². The molecule has 0 spiro atoms. The summed E-state index contributed by atoms with van der Waals surface area (Å²) in [5.41, 5.74) is 6.56. The lowest BCUT2D eigenvalue weighted by Gasteiger charge is -2.19. The van der Waals surface area contributed by atoms with Crippen LogP contribution in [0.1, 0.15) is 38.3 Å². The monoisotopic (exact) mass is 234 g/mol. The Balaban J connectivity index is 1.88. The summed E-state index contributed by atoms with van der Waals surface area (Å²) in [4.78, 5) is 10.9. The highest BCUT2D eigenvalue weighted by Crippen LogP contribution is 2.20. The van der Waals surface area contributed by atoms with Gasteiger partial charge in [0.15, 0.2) is 0 Å². The van der Waals surface area contributed by atoms with Gasteiger partial charge in [-0.25, -0.2) is 4.98 Å². The van der Waals surface area contributed by atoms with Gasteiger partial charge in [-0.15, -0.1) is 0 Å². The zero-order valence-corrected chi connectivity index (χ0v) is 10.6. The molecule has 2 N–H and O–H groups in total. The second kappa shape index (κ2) is 5.96. The van der Waals surface area contributed by atoms with Crippen LogP contribution in [0.4, 0.5) is 5.82 Å². The molecule has 17 heavy (non-hydrogen) atoms. The molecule has 1 saturated heterocycles. The maximum Gasteiger partial charge on any atom is 0.141 e. The van der Waals surface area contributed by atoms with Crippen molar-refractivity contribution in [2.45, 2.75) is 39.2 Å². The van der Waals surface area contributed by atoms with Crippen LogP contribution in [0.3, 0.4) is 0 Å². The smallest absolute Gasteiger partial charge is 0.141 e. The van der Waals surface area contributed by atoms with Crippen molar-refractivity contribution in [3.05, 3.63) is 18.1 Å². The summed E-state index contributed by atoms with van der Waals surface area (Å²) >= 11 is 0. The third-order valence-electron chi connectivity index (χ3n) is 3.63. The maximum absolute atomic E-state index is 5.53. The normalized spacial score (nSPS) is 22.3. The minimum atomic E-state index is 0.496. The van der Waals surface area contributed by atoms with E-state index in [4.69, 9.17) is 5.73 Å². The number of nitrogens with two attached hydrogens (primary N) is 1. The van der Waals surface area contributed by atoms with Crippen molar-refractivity contribution in [2.24, 2.45) is 5.92 Å². The number of anilines is 1. The predicted molar refractivity (Wildman–Crippen MR) is 69.4 cm³/mol. The molecule has 2 rings (SSSR count). The molecule has 1 fully saturated rings. The lowest BCUT2D eigenvalue weighted by atomic mass is 9.98. The van der Waals surface area contributed by atoms with E-state index in [-0.39, 0.29) is 0 Å². The average Bonchev–Trinajstić information content (AvgIpc) is 2.57. The van der Waals surface area contributed by atoms with Crippen LogP contribution >= 0.6 is 0 Å². The predicted octanol–water partition coefficient (Wildman–Crippen LogP) is 2.07. The maximum atomic E-state index is 5.53. The number of hydrogen-bond acceptors (Lipinski definition) is 4. The van der Waals surface area contributed by atoms with Gasteiger partial charge in [0.25, 0.3) is 0 Å². The summed E-state index contributed by atoms with van der Waals surface area (Å²) in [5, 5.41) is 0. The quantitative estimate of drug-likeness (QED) is 0.870. The van der Waals surface area contributed by atoms with Crippen molar-refractivity contribution in [3.63, 3.8) is 0 Å². The average molecular weight is 234 g/mol. The van der Waals surface area contributed by atoms with Crippen molar-refractivity contribution < 1.29 is 0 Å². The van der Waals surface area contributed by atoms with Gasteiger partial charge in [-0.3, -0.25) is 9.88 Å². The Hall–Kier alpha value is -1.16. The molecule has 0 radical (unpaired) electrons. The third kappa shape index (κ3) is 3.66. The van der Waals surface area contributed by atoms with E-state index >= 15 is 0 Å². The highest BCUT2D eigenvalue weighted by molar-refractivity contribution is 5.22. The zero-order valence-electron chi connectivity index (χ0n) is 10.6. The molecule has 1 aliphatic rings. The number of aromatic nitrogens is 2. The highest BCUT2D eigenvalue weighted by atomic mass is 15.1. The van der Waals surface area contributed by atoms with Gasteiger partial charge in [-0.1, -0.05) is 13.3 Å². The van der Waals surface area contributed by atoms with Crippen LogP contribution in [-0.2, 0) is 6.54 Å². The van der Waals surface area contributed by atoms with Crippen LogP contribution in [0.5, 0.6) is 0 Å². The number of rotatable bonds is 3. The van der Waals surface area contributed by atoms with Crippen molar-refractivity contribution in [2.75, 3.05) is 18.8 Å². The van der Waals surface area contributed by atoms with E-state index in [1.54, 1.807) is 12.4 Å². The van der Waals surface area contributed by atoms with E-state index in [2.05, 4.69) is 21.8 Å². The Kier molecular flexibility index (Phi) is 4.31. The van der Waals surface area contributed by atoms with Crippen LogP contribution in [0, 0.1) is 5.92 Å². The number of hydrogen-bond donors (Lipinski definition) is 1. The van der Waals surface area contributed by atoms with Crippen molar-refractivity contribution >= 4 is 5.82 Å². The summed E-state index contributed by atoms with van der Waals surface area (Å²) < 4.78 is 0. The lowest BCUT2D eigenvalue weighted by molar-refractivity contribution is 0.268. The molecule has 0 aliphatic carbocycles. The molecular weight excluding hydrogens is 212 g/mol. The van der Waals surface area contributed by atoms with Crippen molar-refractivity contribution in [1.29, 1.82) is 0 Å². The molecule has 4 heteroatoms. The summed E-state index contributed by atoms with van der Waals surface area (Å²) in [6.45, 7) is 5.57. The molecule has 0 saturated carbocycles. The second-order valence-corrected chi connectivity index (χ2v) is 4.91. The Morgan fingerprint density at radius 1 is 1.29 bits per heavy atom. The van der Waals surface area contributed by atoms with Crippen molar-refractivity contribution in [3.8, 4) is 0 Å². The Labute approximate surface area is 103 Å². The van der Waals surface area contributed by atoms with Gasteiger partial charge >= 0.3 is 0 Å². The van der Waals surface area contributed by atoms with Crippen LogP contribution in [0.2, 0.25) is 0 Å². The molecule has 94 valence electrons. The topological polar surface area (TPSA) is 55.0 Å². The van der Waals surface area contributed by atoms with E-state index in [9.17, 15) is 0 Å². The SMILES string of the molecule is CCC1CCCN(Cc2cnc(N)cn2)CC1. The van der Waals surface area contributed by atoms with E-state index in [1.165, 1.54) is 38.8 Å². The molecule has 2 heterocycles. The van der Waals surface area contributed by atoms with E-state index in [1.807, 2.05) is 0 Å². The first kappa shape index (κ1) is 12.3. The van der Waals surface area contributed by atoms with E-state index in [0.29, 0.717) is 5.82 Å². The molecule has 1 aromatic heterocycles. The van der Waals surface area contributed by atoms with Gasteiger partial charge in [0.05, 0.1) is 18.1 Å². The molecule has 1 atom stereocenters. The fraction of sp³-hybridized carbons (Fsp3) is 0.692. The summed E-state index contributed by atoms with van der Waals surface area (Å²) in [5.74, 6) is 1.41. The first-order valence-corrected chi connectivity index (χ1v) is 6.56. The molecule has 1 aromatic rings. The molecule has 0 aromatic carbocycles. The minimum absolute atomic E-state index is 0.496. The Morgan fingerprint density at radius 3 is 2.88 bits per heavy atom. The number of likely N-dealkylation sites (tertiary alicyclic amines) is 1. The van der Waals surface area contributed by atoms with Crippen LogP contribution < -0.4 is 5.73 Å². The highest BCUT2D eigenvalue weighted by Gasteiger charge is 2.16. The minimum Gasteiger partial charge on any atom is -0.382 e. The Bertz CT molecular complexity index is 336. The van der Waals surface area contributed by atoms with E-state index < -0.39 is 0 Å². The first-order valence-electron chi connectivity index (χ1n) is 6.56. The second-order valence-electron chi connectivity index (χ2n) is 4.91. The molecule has 0 amide bonds. The summed E-state index contributed by atoms with van der Waals surface area (Å²) in [7, 11) is 0. The van der Waals surface area contributed by atoms with Gasteiger partial charge in [0.2, 0.25) is 0 Å². The first-order chi connectivity index (χ1) is 8.28. The van der Waals surface area contributed by atoms with Gasteiger partial charge < -0.3 is 5.73 Å². The lowest BCUT2D eigenvalue weighted by Crippen LogP contribution is -2.24. The standard InChI is InChI=1S/C13H22N4/c1-2-11-4-3-6-17(7-5-11)10-12-8-16-13(14)9-15-12/h8-9,11H,2-7,10H2,1H3,(H2,14,16). The largest absolute Gasteiger partial charge is 0.382 e. The number of nitrogens with zero attached hydrogens (tertiary/aromatic N) is 3. The number of nitrogen functional groups attached to an aromatic ring is 1. The van der Waals surface area contributed by atoms with E-state index in [0.717, 1.165) is 18.2 Å². The fourth-order valence-corrected chi connectivity index (χ4v) is 2.47. The molecule has 0 bridgehead atoms. The Morgan fingerprint density at radius 2 is 2.18 bits per heavy atom. The molecule has 1 unspecified atom stereocenters.